The van der Waals surface area contributed by atoms with Crippen LogP contribution in [0.25, 0.3) is 0 Å². The first-order valence-corrected chi connectivity index (χ1v) is 8.43. The van der Waals surface area contributed by atoms with Crippen molar-refractivity contribution in [1.29, 1.82) is 0 Å². The van der Waals surface area contributed by atoms with Crippen molar-refractivity contribution >= 4 is 6.21 Å². The highest BCUT2D eigenvalue weighted by Gasteiger charge is 2.27. The molecular formula is C20H24N2O2. The van der Waals surface area contributed by atoms with Crippen LogP contribution in [0.4, 0.5) is 0 Å². The van der Waals surface area contributed by atoms with Gasteiger partial charge in [-0.3, -0.25) is 9.89 Å². The first kappa shape index (κ1) is 16.7. The molecule has 126 valence electrons. The lowest BCUT2D eigenvalue weighted by atomic mass is 9.98. The van der Waals surface area contributed by atoms with E-state index in [2.05, 4.69) is 36.1 Å². The fraction of sp³-hybridized carbons (Fsp3) is 0.350. The number of phenols is 1. The molecule has 0 amide bonds. The van der Waals surface area contributed by atoms with Crippen molar-refractivity contribution in [1.82, 2.24) is 4.90 Å². The number of morpholine rings is 1. The van der Waals surface area contributed by atoms with Crippen LogP contribution in [0.2, 0.25) is 0 Å². The molecule has 3 rings (SSSR count). The summed E-state index contributed by atoms with van der Waals surface area (Å²) >= 11 is 0. The number of benzene rings is 2. The number of aromatic hydroxyl groups is 1. The molecule has 1 heterocycles. The lowest BCUT2D eigenvalue weighted by Gasteiger charge is -2.37. The summed E-state index contributed by atoms with van der Waals surface area (Å²) in [7, 11) is 0. The smallest absolute Gasteiger partial charge is 0.124 e. The minimum absolute atomic E-state index is 0.0742. The normalized spacial score (nSPS) is 18.5. The third kappa shape index (κ3) is 4.02. The number of ether oxygens (including phenoxy) is 1. The Morgan fingerprint density at radius 3 is 2.42 bits per heavy atom. The molecule has 0 aliphatic carbocycles. The molecule has 0 bridgehead atoms. The van der Waals surface area contributed by atoms with E-state index >= 15 is 0 Å². The number of phenolic OH excluding ortho intramolecular Hbond substituents is 1. The van der Waals surface area contributed by atoms with Gasteiger partial charge in [0.2, 0.25) is 0 Å². The summed E-state index contributed by atoms with van der Waals surface area (Å²) in [5, 5.41) is 9.91. The Balaban J connectivity index is 1.83. The van der Waals surface area contributed by atoms with Gasteiger partial charge in [0.25, 0.3) is 0 Å². The van der Waals surface area contributed by atoms with Crippen molar-refractivity contribution in [3.8, 4) is 5.75 Å². The van der Waals surface area contributed by atoms with Crippen molar-refractivity contribution < 1.29 is 9.84 Å². The second-order valence-electron chi connectivity index (χ2n) is 6.08. The molecule has 1 aliphatic rings. The van der Waals surface area contributed by atoms with Gasteiger partial charge in [-0.05, 0) is 24.6 Å². The summed E-state index contributed by atoms with van der Waals surface area (Å²) < 4.78 is 5.50. The van der Waals surface area contributed by atoms with Crippen LogP contribution >= 0.6 is 0 Å². The average Bonchev–Trinajstić information content (AvgIpc) is 2.63. The lowest BCUT2D eigenvalue weighted by Crippen LogP contribution is -2.42. The standard InChI is InChI=1S/C20H24N2O2/c1-16(21-15-18-9-5-6-10-19(18)23)20(17-7-3-2-4-8-17)22-11-13-24-14-12-22/h2-10,15-16,20,23H,11-14H2,1H3/t16-,20+/m1/s1. The number of nitrogens with zero attached hydrogens (tertiary/aromatic N) is 2. The van der Waals surface area contributed by atoms with Crippen molar-refractivity contribution in [2.45, 2.75) is 19.0 Å². The van der Waals surface area contributed by atoms with Crippen LogP contribution in [0, 0.1) is 0 Å². The van der Waals surface area contributed by atoms with Crippen LogP contribution in [0.1, 0.15) is 24.1 Å². The van der Waals surface area contributed by atoms with E-state index in [1.165, 1.54) is 5.56 Å². The van der Waals surface area contributed by atoms with Gasteiger partial charge in [-0.1, -0.05) is 42.5 Å². The molecule has 0 unspecified atom stereocenters. The fourth-order valence-electron chi connectivity index (χ4n) is 3.18. The van der Waals surface area contributed by atoms with E-state index in [1.807, 2.05) is 24.3 Å². The van der Waals surface area contributed by atoms with Crippen molar-refractivity contribution in [3.05, 3.63) is 65.7 Å². The molecule has 0 aromatic heterocycles. The fourth-order valence-corrected chi connectivity index (χ4v) is 3.18. The third-order valence-electron chi connectivity index (χ3n) is 4.42. The van der Waals surface area contributed by atoms with Crippen LogP contribution in [0.5, 0.6) is 5.75 Å². The highest BCUT2D eigenvalue weighted by atomic mass is 16.5. The predicted octanol–water partition coefficient (Wildman–Crippen LogP) is 3.27. The number of rotatable bonds is 5. The Kier molecular flexibility index (Phi) is 5.62. The molecule has 4 heteroatoms. The number of aliphatic imine (C=N–C) groups is 1. The first-order valence-electron chi connectivity index (χ1n) is 8.43. The molecule has 2 atom stereocenters. The van der Waals surface area contributed by atoms with Crippen LogP contribution in [0.15, 0.2) is 59.6 Å². The first-order chi connectivity index (χ1) is 11.8. The van der Waals surface area contributed by atoms with E-state index in [1.54, 1.807) is 12.3 Å². The molecule has 2 aromatic carbocycles. The van der Waals surface area contributed by atoms with E-state index < -0.39 is 0 Å². The quantitative estimate of drug-likeness (QED) is 0.859. The van der Waals surface area contributed by atoms with Gasteiger partial charge in [0.05, 0.1) is 25.3 Å². The molecule has 4 nitrogen and oxygen atoms in total. The van der Waals surface area contributed by atoms with Gasteiger partial charge < -0.3 is 9.84 Å². The minimum atomic E-state index is 0.0742. The zero-order chi connectivity index (χ0) is 16.8. The monoisotopic (exact) mass is 324 g/mol. The highest BCUT2D eigenvalue weighted by Crippen LogP contribution is 2.27. The van der Waals surface area contributed by atoms with E-state index in [4.69, 9.17) is 9.73 Å². The SMILES string of the molecule is C[C@@H](N=Cc1ccccc1O)[C@@H](c1ccccc1)N1CCOCC1. The topological polar surface area (TPSA) is 45.1 Å². The Morgan fingerprint density at radius 1 is 1.04 bits per heavy atom. The zero-order valence-electron chi connectivity index (χ0n) is 14.0. The Hall–Kier alpha value is -2.17. The minimum Gasteiger partial charge on any atom is -0.507 e. The molecule has 24 heavy (non-hydrogen) atoms. The molecule has 2 aromatic rings. The molecular weight excluding hydrogens is 300 g/mol. The van der Waals surface area contributed by atoms with Gasteiger partial charge in [-0.2, -0.15) is 0 Å². The summed E-state index contributed by atoms with van der Waals surface area (Å²) in [6.45, 7) is 5.48. The Bertz CT molecular complexity index is 666. The molecule has 1 saturated heterocycles. The van der Waals surface area contributed by atoms with E-state index in [9.17, 15) is 5.11 Å². The van der Waals surface area contributed by atoms with Crippen molar-refractivity contribution in [3.63, 3.8) is 0 Å². The van der Waals surface area contributed by atoms with E-state index in [0.717, 1.165) is 31.9 Å². The van der Waals surface area contributed by atoms with Crippen LogP contribution in [-0.2, 0) is 4.74 Å². The predicted molar refractivity (Wildman–Crippen MR) is 96.7 cm³/mol. The molecule has 1 fully saturated rings. The molecule has 0 radical (unpaired) electrons. The summed E-state index contributed by atoms with van der Waals surface area (Å²) in [4.78, 5) is 7.18. The lowest BCUT2D eigenvalue weighted by molar-refractivity contribution is 0.0119. The van der Waals surface area contributed by atoms with E-state index in [0.29, 0.717) is 0 Å². The van der Waals surface area contributed by atoms with Gasteiger partial charge in [0, 0.05) is 24.9 Å². The van der Waals surface area contributed by atoms with Crippen molar-refractivity contribution in [2.24, 2.45) is 4.99 Å². The second kappa shape index (κ2) is 8.08. The van der Waals surface area contributed by atoms with Crippen LogP contribution < -0.4 is 0 Å². The van der Waals surface area contributed by atoms with E-state index in [-0.39, 0.29) is 17.8 Å². The zero-order valence-corrected chi connectivity index (χ0v) is 14.0. The maximum absolute atomic E-state index is 9.91. The van der Waals surface area contributed by atoms with Gasteiger partial charge in [-0.25, -0.2) is 0 Å². The maximum atomic E-state index is 9.91. The summed E-state index contributed by atoms with van der Waals surface area (Å²) in [6.07, 6.45) is 1.77. The number of hydrogen-bond acceptors (Lipinski definition) is 4. The summed E-state index contributed by atoms with van der Waals surface area (Å²) in [5.41, 5.74) is 2.01. The number of para-hydroxylation sites is 1. The van der Waals surface area contributed by atoms with Gasteiger partial charge in [0.1, 0.15) is 5.75 Å². The van der Waals surface area contributed by atoms with Gasteiger partial charge in [0.15, 0.2) is 0 Å². The van der Waals surface area contributed by atoms with Crippen LogP contribution in [-0.4, -0.2) is 48.6 Å². The van der Waals surface area contributed by atoms with Gasteiger partial charge in [-0.15, -0.1) is 0 Å². The van der Waals surface area contributed by atoms with Crippen molar-refractivity contribution in [2.75, 3.05) is 26.3 Å². The molecule has 0 spiro atoms. The number of hydrogen-bond donors (Lipinski definition) is 1. The third-order valence-corrected chi connectivity index (χ3v) is 4.42. The maximum Gasteiger partial charge on any atom is 0.124 e. The Labute approximate surface area is 143 Å². The highest BCUT2D eigenvalue weighted by molar-refractivity contribution is 5.83. The van der Waals surface area contributed by atoms with Gasteiger partial charge >= 0.3 is 0 Å². The second-order valence-corrected chi connectivity index (χ2v) is 6.08. The van der Waals surface area contributed by atoms with Crippen LogP contribution in [0.3, 0.4) is 0 Å². The molecule has 1 N–H and O–H groups in total. The molecule has 0 saturated carbocycles. The summed E-state index contributed by atoms with van der Waals surface area (Å²) in [6, 6.07) is 18.1. The largest absolute Gasteiger partial charge is 0.507 e. The summed E-state index contributed by atoms with van der Waals surface area (Å²) in [5.74, 6) is 0.260. The Morgan fingerprint density at radius 2 is 1.71 bits per heavy atom. The average molecular weight is 324 g/mol. The molecule has 1 aliphatic heterocycles.